The molecule has 1 heterocycles. The number of carbonyl (C=O) groups excluding carboxylic acids is 2. The van der Waals surface area contributed by atoms with Crippen molar-refractivity contribution in [3.63, 3.8) is 0 Å². The highest BCUT2D eigenvalue weighted by Gasteiger charge is 2.29. The standard InChI is InChI=1S/C14H16BrNO3/c1-19-14(18)11-5-3-7-16(9-11)13(17)10-4-2-6-12(15)8-10/h2,4,6,8,11H,3,5,7,9H2,1H3. The van der Waals surface area contributed by atoms with Gasteiger partial charge in [0.25, 0.3) is 5.91 Å². The minimum absolute atomic E-state index is 0.0325. The van der Waals surface area contributed by atoms with Gasteiger partial charge in [0.2, 0.25) is 0 Å². The predicted octanol–water partition coefficient (Wildman–Crippen LogP) is 2.47. The van der Waals surface area contributed by atoms with E-state index in [0.29, 0.717) is 18.7 Å². The number of halogens is 1. The molecule has 1 amide bonds. The lowest BCUT2D eigenvalue weighted by molar-refractivity contribution is -0.146. The van der Waals surface area contributed by atoms with Crippen LogP contribution in [-0.4, -0.2) is 37.0 Å². The van der Waals surface area contributed by atoms with E-state index in [1.807, 2.05) is 12.1 Å². The summed E-state index contributed by atoms with van der Waals surface area (Å²) >= 11 is 3.36. The highest BCUT2D eigenvalue weighted by Crippen LogP contribution is 2.21. The quantitative estimate of drug-likeness (QED) is 0.785. The lowest BCUT2D eigenvalue weighted by Gasteiger charge is -2.31. The molecule has 0 spiro atoms. The molecule has 1 saturated heterocycles. The maximum Gasteiger partial charge on any atom is 0.310 e. The summed E-state index contributed by atoms with van der Waals surface area (Å²) in [5.41, 5.74) is 0.639. The van der Waals surface area contributed by atoms with Gasteiger partial charge in [0, 0.05) is 23.1 Å². The fourth-order valence-electron chi connectivity index (χ4n) is 2.32. The molecule has 0 saturated carbocycles. The van der Waals surface area contributed by atoms with Crippen molar-refractivity contribution in [3.8, 4) is 0 Å². The molecule has 0 radical (unpaired) electrons. The van der Waals surface area contributed by atoms with Crippen LogP contribution in [-0.2, 0) is 9.53 Å². The fraction of sp³-hybridized carbons (Fsp3) is 0.429. The van der Waals surface area contributed by atoms with Gasteiger partial charge in [-0.3, -0.25) is 9.59 Å². The first-order valence-electron chi connectivity index (χ1n) is 6.24. The summed E-state index contributed by atoms with van der Waals surface area (Å²) in [4.78, 5) is 25.6. The highest BCUT2D eigenvalue weighted by molar-refractivity contribution is 9.10. The van der Waals surface area contributed by atoms with Gasteiger partial charge < -0.3 is 9.64 Å². The molecule has 4 nitrogen and oxygen atoms in total. The molecule has 0 bridgehead atoms. The minimum atomic E-state index is -0.230. The van der Waals surface area contributed by atoms with Crippen molar-refractivity contribution in [2.45, 2.75) is 12.8 Å². The van der Waals surface area contributed by atoms with E-state index in [2.05, 4.69) is 15.9 Å². The summed E-state index contributed by atoms with van der Waals surface area (Å²) < 4.78 is 5.63. The predicted molar refractivity (Wildman–Crippen MR) is 74.8 cm³/mol. The van der Waals surface area contributed by atoms with Crippen LogP contribution in [0.4, 0.5) is 0 Å². The number of ether oxygens (including phenoxy) is 1. The molecule has 19 heavy (non-hydrogen) atoms. The van der Waals surface area contributed by atoms with Gasteiger partial charge in [-0.2, -0.15) is 0 Å². The number of nitrogens with zero attached hydrogens (tertiary/aromatic N) is 1. The third-order valence-electron chi connectivity index (χ3n) is 3.31. The summed E-state index contributed by atoms with van der Waals surface area (Å²) in [5.74, 6) is -0.462. The van der Waals surface area contributed by atoms with Crippen LogP contribution in [0.5, 0.6) is 0 Å². The molecular weight excluding hydrogens is 310 g/mol. The Morgan fingerprint density at radius 3 is 2.89 bits per heavy atom. The van der Waals surface area contributed by atoms with E-state index in [1.54, 1.807) is 17.0 Å². The van der Waals surface area contributed by atoms with Crippen molar-refractivity contribution >= 4 is 27.8 Å². The van der Waals surface area contributed by atoms with Gasteiger partial charge in [-0.05, 0) is 31.0 Å². The van der Waals surface area contributed by atoms with E-state index in [4.69, 9.17) is 4.74 Å². The summed E-state index contributed by atoms with van der Waals surface area (Å²) in [6.45, 7) is 1.14. The number of esters is 1. The molecule has 2 rings (SSSR count). The number of hydrogen-bond acceptors (Lipinski definition) is 3. The van der Waals surface area contributed by atoms with Crippen molar-refractivity contribution in [2.24, 2.45) is 5.92 Å². The molecule has 1 atom stereocenters. The SMILES string of the molecule is COC(=O)C1CCCN(C(=O)c2cccc(Br)c2)C1. The average molecular weight is 326 g/mol. The molecule has 1 aromatic rings. The Hall–Kier alpha value is -1.36. The number of likely N-dealkylation sites (tertiary alicyclic amines) is 1. The molecule has 0 aliphatic carbocycles. The van der Waals surface area contributed by atoms with Crippen LogP contribution >= 0.6 is 15.9 Å². The number of amides is 1. The van der Waals surface area contributed by atoms with E-state index in [-0.39, 0.29) is 17.8 Å². The van der Waals surface area contributed by atoms with Gasteiger partial charge in [-0.25, -0.2) is 0 Å². The molecular formula is C14H16BrNO3. The highest BCUT2D eigenvalue weighted by atomic mass is 79.9. The smallest absolute Gasteiger partial charge is 0.310 e. The van der Waals surface area contributed by atoms with Gasteiger partial charge in [0.1, 0.15) is 0 Å². The summed E-state index contributed by atoms with van der Waals surface area (Å²) in [7, 11) is 1.39. The Morgan fingerprint density at radius 2 is 2.21 bits per heavy atom. The summed E-state index contributed by atoms with van der Waals surface area (Å²) in [5, 5.41) is 0. The molecule has 0 N–H and O–H groups in total. The van der Waals surface area contributed by atoms with E-state index < -0.39 is 0 Å². The Balaban J connectivity index is 2.09. The van der Waals surface area contributed by atoms with Gasteiger partial charge in [0.05, 0.1) is 13.0 Å². The Morgan fingerprint density at radius 1 is 1.42 bits per heavy atom. The molecule has 1 aliphatic heterocycles. The van der Waals surface area contributed by atoms with Crippen LogP contribution in [0.1, 0.15) is 23.2 Å². The van der Waals surface area contributed by atoms with Crippen LogP contribution in [0, 0.1) is 5.92 Å². The van der Waals surface area contributed by atoms with Gasteiger partial charge in [0.15, 0.2) is 0 Å². The topological polar surface area (TPSA) is 46.6 Å². The van der Waals surface area contributed by atoms with Crippen molar-refractivity contribution in [3.05, 3.63) is 34.3 Å². The lowest BCUT2D eigenvalue weighted by atomic mass is 9.97. The normalized spacial score (nSPS) is 19.1. The number of hydrogen-bond donors (Lipinski definition) is 0. The van der Waals surface area contributed by atoms with E-state index in [1.165, 1.54) is 7.11 Å². The van der Waals surface area contributed by atoms with Crippen molar-refractivity contribution in [1.29, 1.82) is 0 Å². The van der Waals surface area contributed by atoms with Crippen LogP contribution < -0.4 is 0 Å². The number of carbonyl (C=O) groups is 2. The largest absolute Gasteiger partial charge is 0.469 e. The number of piperidine rings is 1. The Bertz CT molecular complexity index is 489. The third-order valence-corrected chi connectivity index (χ3v) is 3.81. The van der Waals surface area contributed by atoms with Crippen molar-refractivity contribution in [2.75, 3.05) is 20.2 Å². The van der Waals surface area contributed by atoms with Crippen LogP contribution in [0.3, 0.4) is 0 Å². The first-order valence-corrected chi connectivity index (χ1v) is 7.04. The van der Waals surface area contributed by atoms with Crippen molar-refractivity contribution < 1.29 is 14.3 Å². The number of rotatable bonds is 2. The van der Waals surface area contributed by atoms with E-state index >= 15 is 0 Å². The monoisotopic (exact) mass is 325 g/mol. The zero-order chi connectivity index (χ0) is 13.8. The second-order valence-corrected chi connectivity index (χ2v) is 5.54. The lowest BCUT2D eigenvalue weighted by Crippen LogP contribution is -2.42. The third kappa shape index (κ3) is 3.35. The number of methoxy groups -OCH3 is 1. The molecule has 1 aromatic carbocycles. The fourth-order valence-corrected chi connectivity index (χ4v) is 2.72. The maximum atomic E-state index is 12.4. The molecule has 1 unspecified atom stereocenters. The van der Waals surface area contributed by atoms with Gasteiger partial charge in [-0.1, -0.05) is 22.0 Å². The Kier molecular flexibility index (Phi) is 4.58. The molecule has 1 fully saturated rings. The zero-order valence-electron chi connectivity index (χ0n) is 10.8. The van der Waals surface area contributed by atoms with E-state index in [9.17, 15) is 9.59 Å². The molecule has 5 heteroatoms. The molecule has 1 aliphatic rings. The first kappa shape index (κ1) is 14.1. The number of benzene rings is 1. The van der Waals surface area contributed by atoms with Crippen LogP contribution in [0.15, 0.2) is 28.7 Å². The Labute approximate surface area is 120 Å². The van der Waals surface area contributed by atoms with Crippen LogP contribution in [0.25, 0.3) is 0 Å². The van der Waals surface area contributed by atoms with Gasteiger partial charge >= 0.3 is 5.97 Å². The summed E-state index contributed by atoms with van der Waals surface area (Å²) in [6.07, 6.45) is 1.62. The average Bonchev–Trinajstić information content (AvgIpc) is 2.45. The second kappa shape index (κ2) is 6.19. The molecule has 102 valence electrons. The summed E-state index contributed by atoms with van der Waals surface area (Å²) in [6, 6.07) is 7.29. The molecule has 0 aromatic heterocycles. The maximum absolute atomic E-state index is 12.4. The minimum Gasteiger partial charge on any atom is -0.469 e. The second-order valence-electron chi connectivity index (χ2n) is 4.62. The first-order chi connectivity index (χ1) is 9.11. The van der Waals surface area contributed by atoms with Crippen molar-refractivity contribution in [1.82, 2.24) is 4.90 Å². The van der Waals surface area contributed by atoms with Crippen LogP contribution in [0.2, 0.25) is 0 Å². The zero-order valence-corrected chi connectivity index (χ0v) is 12.4. The van der Waals surface area contributed by atoms with Gasteiger partial charge in [-0.15, -0.1) is 0 Å². The van der Waals surface area contributed by atoms with E-state index in [0.717, 1.165) is 17.3 Å².